The molecular weight excluding hydrogens is 452 g/mol. The zero-order valence-corrected chi connectivity index (χ0v) is 22.2. The predicted molar refractivity (Wildman–Crippen MR) is 142 cm³/mol. The normalized spacial score (nSPS) is 13.0. The summed E-state index contributed by atoms with van der Waals surface area (Å²) in [5, 5.41) is 13.8. The molecule has 0 spiro atoms. The Hall–Kier alpha value is -3.52. The van der Waals surface area contributed by atoms with Crippen LogP contribution in [-0.2, 0) is 18.6 Å². The van der Waals surface area contributed by atoms with Crippen LogP contribution in [0.25, 0.3) is 10.9 Å². The summed E-state index contributed by atoms with van der Waals surface area (Å²) in [6, 6.07) is 16.0. The third-order valence-corrected chi connectivity index (χ3v) is 6.43. The number of hydrogen-bond acceptors (Lipinski definition) is 6. The Morgan fingerprint density at radius 3 is 2.42 bits per heavy atom. The second kappa shape index (κ2) is 10.2. The van der Waals surface area contributed by atoms with Crippen LogP contribution in [0.5, 0.6) is 5.75 Å². The zero-order chi connectivity index (χ0) is 26.0. The van der Waals surface area contributed by atoms with E-state index in [1.165, 1.54) is 11.1 Å². The molecule has 1 N–H and O–H groups in total. The van der Waals surface area contributed by atoms with E-state index in [-0.39, 0.29) is 23.1 Å². The summed E-state index contributed by atoms with van der Waals surface area (Å²) in [5.74, 6) is 1.74. The summed E-state index contributed by atoms with van der Waals surface area (Å²) < 4.78 is 7.30. The van der Waals surface area contributed by atoms with Crippen molar-refractivity contribution in [2.45, 2.75) is 66.2 Å². The Bertz CT molecular complexity index is 1380. The molecule has 0 fully saturated rings. The monoisotopic (exact) mass is 488 g/mol. The highest BCUT2D eigenvalue weighted by Crippen LogP contribution is 2.32. The molecule has 1 atom stereocenters. The zero-order valence-electron chi connectivity index (χ0n) is 22.2. The highest BCUT2D eigenvalue weighted by molar-refractivity contribution is 5.80. The number of aryl methyl sites for hydroxylation is 1. The van der Waals surface area contributed by atoms with Gasteiger partial charge in [-0.3, -0.25) is 9.69 Å². The second-order valence-corrected chi connectivity index (χ2v) is 10.8. The van der Waals surface area contributed by atoms with Crippen molar-refractivity contribution in [2.24, 2.45) is 5.92 Å². The van der Waals surface area contributed by atoms with E-state index in [4.69, 9.17) is 4.74 Å². The smallest absolute Gasteiger partial charge is 0.252 e. The van der Waals surface area contributed by atoms with Gasteiger partial charge in [0.1, 0.15) is 5.75 Å². The second-order valence-electron chi connectivity index (χ2n) is 10.8. The van der Waals surface area contributed by atoms with Crippen LogP contribution >= 0.6 is 0 Å². The van der Waals surface area contributed by atoms with Crippen LogP contribution in [0.2, 0.25) is 0 Å². The molecule has 190 valence electrons. The number of aromatic nitrogens is 5. The number of ether oxygens (including phenoxy) is 1. The van der Waals surface area contributed by atoms with Gasteiger partial charge in [0.25, 0.3) is 5.56 Å². The molecule has 8 heteroatoms. The van der Waals surface area contributed by atoms with E-state index in [9.17, 15) is 4.79 Å². The third-order valence-electron chi connectivity index (χ3n) is 6.43. The Balaban J connectivity index is 1.81. The molecule has 0 bridgehead atoms. The summed E-state index contributed by atoms with van der Waals surface area (Å²) in [4.78, 5) is 18.5. The SMILES string of the molecule is COc1ccc2[nH]c(=O)c(CN(Cc3ccc(C)cc3)[C@@H](c3nnnn3C(C)(C)C)C(C)C)cc2c1. The van der Waals surface area contributed by atoms with Crippen molar-refractivity contribution in [1.29, 1.82) is 0 Å². The number of pyridine rings is 1. The van der Waals surface area contributed by atoms with Crippen LogP contribution in [0.3, 0.4) is 0 Å². The van der Waals surface area contributed by atoms with Crippen LogP contribution in [0.15, 0.2) is 53.3 Å². The first kappa shape index (κ1) is 25.6. The largest absolute Gasteiger partial charge is 0.497 e. The number of fused-ring (bicyclic) bond motifs is 1. The maximum absolute atomic E-state index is 13.2. The lowest BCUT2D eigenvalue weighted by Gasteiger charge is -2.35. The van der Waals surface area contributed by atoms with Gasteiger partial charge < -0.3 is 9.72 Å². The first-order chi connectivity index (χ1) is 17.1. The van der Waals surface area contributed by atoms with Gasteiger partial charge in [0.15, 0.2) is 5.82 Å². The van der Waals surface area contributed by atoms with Gasteiger partial charge in [-0.05, 0) is 73.9 Å². The van der Waals surface area contributed by atoms with E-state index < -0.39 is 0 Å². The van der Waals surface area contributed by atoms with Crippen molar-refractivity contribution in [3.05, 3.63) is 81.4 Å². The summed E-state index contributed by atoms with van der Waals surface area (Å²) >= 11 is 0. The number of rotatable bonds is 8. The Morgan fingerprint density at radius 2 is 1.78 bits per heavy atom. The number of hydrogen-bond donors (Lipinski definition) is 1. The van der Waals surface area contributed by atoms with E-state index in [0.717, 1.165) is 22.5 Å². The van der Waals surface area contributed by atoms with E-state index in [1.807, 2.05) is 28.9 Å². The fraction of sp³-hybridized carbons (Fsp3) is 0.429. The topological polar surface area (TPSA) is 88.9 Å². The number of nitrogens with one attached hydrogen (secondary N) is 1. The third kappa shape index (κ3) is 5.49. The fourth-order valence-corrected chi connectivity index (χ4v) is 4.61. The molecule has 0 saturated carbocycles. The highest BCUT2D eigenvalue weighted by atomic mass is 16.5. The van der Waals surface area contributed by atoms with Gasteiger partial charge in [-0.25, -0.2) is 4.68 Å². The van der Waals surface area contributed by atoms with Crippen LogP contribution in [0.4, 0.5) is 0 Å². The lowest BCUT2D eigenvalue weighted by Crippen LogP contribution is -2.37. The predicted octanol–water partition coefficient (Wildman–Crippen LogP) is 4.99. The van der Waals surface area contributed by atoms with Gasteiger partial charge in [-0.2, -0.15) is 0 Å². The minimum atomic E-state index is -0.279. The van der Waals surface area contributed by atoms with Gasteiger partial charge in [-0.1, -0.05) is 43.7 Å². The molecule has 8 nitrogen and oxygen atoms in total. The molecule has 2 heterocycles. The van der Waals surface area contributed by atoms with Gasteiger partial charge in [0.05, 0.1) is 18.7 Å². The first-order valence-corrected chi connectivity index (χ1v) is 12.3. The molecule has 2 aromatic carbocycles. The summed E-state index contributed by atoms with van der Waals surface area (Å²) in [6.07, 6.45) is 0. The van der Waals surface area contributed by atoms with Crippen LogP contribution in [0, 0.1) is 12.8 Å². The fourth-order valence-electron chi connectivity index (χ4n) is 4.61. The number of tetrazole rings is 1. The molecule has 4 aromatic rings. The molecule has 4 rings (SSSR count). The number of nitrogens with zero attached hydrogens (tertiary/aromatic N) is 5. The first-order valence-electron chi connectivity index (χ1n) is 12.3. The van der Waals surface area contributed by atoms with Crippen molar-refractivity contribution in [1.82, 2.24) is 30.1 Å². The molecule has 0 aliphatic rings. The molecule has 0 aliphatic heterocycles. The van der Waals surface area contributed by atoms with Gasteiger partial charge in [0, 0.05) is 29.6 Å². The van der Waals surface area contributed by atoms with E-state index in [0.29, 0.717) is 18.7 Å². The van der Waals surface area contributed by atoms with Crippen molar-refractivity contribution in [3.8, 4) is 5.75 Å². The quantitative estimate of drug-likeness (QED) is 0.376. The molecule has 0 radical (unpaired) electrons. The Kier molecular flexibility index (Phi) is 7.26. The van der Waals surface area contributed by atoms with Crippen LogP contribution < -0.4 is 10.3 Å². The molecular formula is C28H36N6O2. The average Bonchev–Trinajstić information content (AvgIpc) is 3.30. The van der Waals surface area contributed by atoms with Crippen molar-refractivity contribution >= 4 is 10.9 Å². The molecule has 2 aromatic heterocycles. The summed E-state index contributed by atoms with van der Waals surface area (Å²) in [7, 11) is 1.64. The lowest BCUT2D eigenvalue weighted by atomic mass is 9.98. The van der Waals surface area contributed by atoms with Crippen molar-refractivity contribution < 1.29 is 4.74 Å². The molecule has 36 heavy (non-hydrogen) atoms. The van der Waals surface area contributed by atoms with Crippen molar-refractivity contribution in [2.75, 3.05) is 7.11 Å². The van der Waals surface area contributed by atoms with Gasteiger partial charge >= 0.3 is 0 Å². The Morgan fingerprint density at radius 1 is 1.06 bits per heavy atom. The molecule has 0 aliphatic carbocycles. The van der Waals surface area contributed by atoms with E-state index in [2.05, 4.69) is 91.2 Å². The standard InChI is InChI=1S/C28H36N6O2/c1-18(2)25(26-30-31-32-34(26)28(4,5)6)33(16-20-10-8-19(3)9-11-20)17-22-14-21-15-23(36-7)12-13-24(21)29-27(22)35/h8-15,18,25H,16-17H2,1-7H3,(H,29,35)/t25-/m1/s1. The number of benzene rings is 2. The average molecular weight is 489 g/mol. The molecule has 0 saturated heterocycles. The number of H-pyrrole nitrogens is 1. The van der Waals surface area contributed by atoms with Crippen molar-refractivity contribution in [3.63, 3.8) is 0 Å². The number of methoxy groups -OCH3 is 1. The minimum Gasteiger partial charge on any atom is -0.497 e. The van der Waals surface area contributed by atoms with E-state index in [1.54, 1.807) is 7.11 Å². The lowest BCUT2D eigenvalue weighted by molar-refractivity contribution is 0.119. The molecule has 0 unspecified atom stereocenters. The van der Waals surface area contributed by atoms with Gasteiger partial charge in [0.2, 0.25) is 0 Å². The highest BCUT2D eigenvalue weighted by Gasteiger charge is 2.33. The van der Waals surface area contributed by atoms with Crippen LogP contribution in [-0.4, -0.2) is 37.2 Å². The summed E-state index contributed by atoms with van der Waals surface area (Å²) in [6.45, 7) is 13.8. The maximum Gasteiger partial charge on any atom is 0.252 e. The van der Waals surface area contributed by atoms with E-state index >= 15 is 0 Å². The summed E-state index contributed by atoms with van der Waals surface area (Å²) in [5.41, 5.74) is 3.47. The Labute approximate surface area is 212 Å². The van der Waals surface area contributed by atoms with Gasteiger partial charge in [-0.15, -0.1) is 5.10 Å². The van der Waals surface area contributed by atoms with Crippen LogP contribution in [0.1, 0.15) is 63.2 Å². The molecule has 0 amide bonds. The maximum atomic E-state index is 13.2. The minimum absolute atomic E-state index is 0.0977. The number of aromatic amines is 1.